The number of ether oxygens (including phenoxy) is 1. The summed E-state index contributed by atoms with van der Waals surface area (Å²) >= 11 is 2.31. The van der Waals surface area contributed by atoms with Crippen molar-refractivity contribution >= 4 is 39.1 Å². The summed E-state index contributed by atoms with van der Waals surface area (Å²) in [4.78, 5) is 0. The Morgan fingerprint density at radius 2 is 1.53 bits per heavy atom. The van der Waals surface area contributed by atoms with E-state index in [0.717, 1.165) is 9.32 Å². The van der Waals surface area contributed by atoms with Gasteiger partial charge in [0, 0.05) is 0 Å². The highest BCUT2D eigenvalue weighted by Gasteiger charge is 2.08. The van der Waals surface area contributed by atoms with E-state index < -0.39 is 0 Å². The second-order valence-corrected chi connectivity index (χ2v) is 5.32. The van der Waals surface area contributed by atoms with Crippen molar-refractivity contribution < 1.29 is 4.74 Å². The van der Waals surface area contributed by atoms with Crippen molar-refractivity contribution in [1.29, 1.82) is 0 Å². The Balaban J connectivity index is 2.07. The van der Waals surface area contributed by atoms with Crippen molar-refractivity contribution in [2.24, 2.45) is 0 Å². The van der Waals surface area contributed by atoms with Crippen LogP contribution >= 0.6 is 22.6 Å². The van der Waals surface area contributed by atoms with Crippen LogP contribution in [0.4, 0.5) is 5.69 Å². The van der Waals surface area contributed by atoms with Gasteiger partial charge in [0.25, 0.3) is 0 Å². The van der Waals surface area contributed by atoms with Gasteiger partial charge in [-0.2, -0.15) is 0 Å². The van der Waals surface area contributed by atoms with Gasteiger partial charge >= 0.3 is 0 Å². The maximum atomic E-state index is 5.92. The number of benzene rings is 3. The summed E-state index contributed by atoms with van der Waals surface area (Å²) in [5, 5.41) is 2.40. The maximum Gasteiger partial charge on any atom is 0.150 e. The number of fused-ring (bicyclic) bond motifs is 1. The Labute approximate surface area is 125 Å². The SMILES string of the molecule is Nc1ccccc1Oc1ccc2ccccc2c1I. The quantitative estimate of drug-likeness (QED) is 0.525. The van der Waals surface area contributed by atoms with Crippen LogP contribution in [0.5, 0.6) is 11.5 Å². The van der Waals surface area contributed by atoms with Crippen LogP contribution in [0, 0.1) is 3.57 Å². The van der Waals surface area contributed by atoms with Crippen molar-refractivity contribution in [3.63, 3.8) is 0 Å². The van der Waals surface area contributed by atoms with Gasteiger partial charge in [-0.25, -0.2) is 0 Å². The lowest BCUT2D eigenvalue weighted by Crippen LogP contribution is -1.93. The monoisotopic (exact) mass is 361 g/mol. The molecule has 0 bridgehead atoms. The van der Waals surface area contributed by atoms with E-state index in [1.807, 2.05) is 42.5 Å². The molecule has 0 spiro atoms. The minimum atomic E-state index is 0.645. The zero-order valence-electron chi connectivity index (χ0n) is 10.1. The van der Waals surface area contributed by atoms with Crippen molar-refractivity contribution in [2.75, 3.05) is 5.73 Å². The van der Waals surface area contributed by atoms with Crippen LogP contribution in [0.2, 0.25) is 0 Å². The Bertz CT molecular complexity index is 740. The van der Waals surface area contributed by atoms with Crippen molar-refractivity contribution in [3.05, 3.63) is 64.2 Å². The molecule has 3 aromatic carbocycles. The third kappa shape index (κ3) is 2.38. The van der Waals surface area contributed by atoms with E-state index in [1.165, 1.54) is 10.8 Å². The Morgan fingerprint density at radius 3 is 2.37 bits per heavy atom. The van der Waals surface area contributed by atoms with E-state index in [9.17, 15) is 0 Å². The summed E-state index contributed by atoms with van der Waals surface area (Å²) in [6.45, 7) is 0. The highest BCUT2D eigenvalue weighted by Crippen LogP contribution is 2.34. The molecule has 94 valence electrons. The van der Waals surface area contributed by atoms with Gasteiger partial charge in [-0.15, -0.1) is 0 Å². The van der Waals surface area contributed by atoms with Crippen molar-refractivity contribution in [3.8, 4) is 11.5 Å². The first-order valence-electron chi connectivity index (χ1n) is 5.95. The third-order valence-corrected chi connectivity index (χ3v) is 4.08. The van der Waals surface area contributed by atoms with Crippen LogP contribution in [0.25, 0.3) is 10.8 Å². The molecule has 0 radical (unpaired) electrons. The largest absolute Gasteiger partial charge is 0.454 e. The van der Waals surface area contributed by atoms with Gasteiger partial charge < -0.3 is 10.5 Å². The first kappa shape index (κ1) is 12.3. The molecule has 0 saturated heterocycles. The molecule has 3 heteroatoms. The summed E-state index contributed by atoms with van der Waals surface area (Å²) in [7, 11) is 0. The number of hydrogen-bond acceptors (Lipinski definition) is 2. The molecule has 0 heterocycles. The number of para-hydroxylation sites is 2. The molecule has 0 fully saturated rings. The average molecular weight is 361 g/mol. The molecule has 2 N–H and O–H groups in total. The molecule has 0 aromatic heterocycles. The molecule has 0 atom stereocenters. The minimum Gasteiger partial charge on any atom is -0.454 e. The lowest BCUT2D eigenvalue weighted by molar-refractivity contribution is 0.482. The predicted molar refractivity (Wildman–Crippen MR) is 87.6 cm³/mol. The molecule has 19 heavy (non-hydrogen) atoms. The van der Waals surface area contributed by atoms with Gasteiger partial charge in [0.1, 0.15) is 11.5 Å². The van der Waals surface area contributed by atoms with Gasteiger partial charge in [-0.3, -0.25) is 0 Å². The van der Waals surface area contributed by atoms with Crippen molar-refractivity contribution in [1.82, 2.24) is 0 Å². The van der Waals surface area contributed by atoms with E-state index >= 15 is 0 Å². The fourth-order valence-corrected chi connectivity index (χ4v) is 2.77. The summed E-state index contributed by atoms with van der Waals surface area (Å²) < 4.78 is 7.01. The number of halogens is 1. The van der Waals surface area contributed by atoms with Gasteiger partial charge in [-0.1, -0.05) is 42.5 Å². The van der Waals surface area contributed by atoms with Crippen LogP contribution in [-0.4, -0.2) is 0 Å². The van der Waals surface area contributed by atoms with Gasteiger partial charge in [-0.05, 0) is 51.6 Å². The smallest absolute Gasteiger partial charge is 0.150 e. The standard InChI is InChI=1S/C16H12INO/c17-16-12-6-2-1-5-11(12)9-10-15(16)19-14-8-4-3-7-13(14)18/h1-10H,18H2. The number of hydrogen-bond donors (Lipinski definition) is 1. The van der Waals surface area contributed by atoms with E-state index in [1.54, 1.807) is 0 Å². The molecule has 3 aromatic rings. The minimum absolute atomic E-state index is 0.645. The fraction of sp³-hybridized carbons (Fsp3) is 0. The average Bonchev–Trinajstić information content (AvgIpc) is 2.44. The molecule has 0 aliphatic rings. The molecule has 0 unspecified atom stereocenters. The predicted octanol–water partition coefficient (Wildman–Crippen LogP) is 4.82. The molecule has 0 amide bonds. The molecule has 0 aliphatic carbocycles. The van der Waals surface area contributed by atoms with E-state index in [4.69, 9.17) is 10.5 Å². The van der Waals surface area contributed by atoms with Crippen molar-refractivity contribution in [2.45, 2.75) is 0 Å². The Hall–Kier alpha value is -1.75. The van der Waals surface area contributed by atoms with Gasteiger partial charge in [0.05, 0.1) is 9.26 Å². The van der Waals surface area contributed by atoms with Crippen LogP contribution in [0.15, 0.2) is 60.7 Å². The number of rotatable bonds is 2. The molecule has 0 saturated carbocycles. The highest BCUT2D eigenvalue weighted by molar-refractivity contribution is 14.1. The summed E-state index contributed by atoms with van der Waals surface area (Å²) in [6, 6.07) is 19.8. The summed E-state index contributed by atoms with van der Waals surface area (Å²) in [5.41, 5.74) is 6.55. The maximum absolute atomic E-state index is 5.92. The number of nitrogen functional groups attached to an aromatic ring is 1. The zero-order valence-corrected chi connectivity index (χ0v) is 12.3. The lowest BCUT2D eigenvalue weighted by Gasteiger charge is -2.11. The summed E-state index contributed by atoms with van der Waals surface area (Å²) in [5.74, 6) is 1.52. The molecule has 0 aliphatic heterocycles. The number of anilines is 1. The topological polar surface area (TPSA) is 35.2 Å². The molecule has 2 nitrogen and oxygen atoms in total. The lowest BCUT2D eigenvalue weighted by atomic mass is 10.1. The second kappa shape index (κ2) is 5.09. The zero-order chi connectivity index (χ0) is 13.2. The highest BCUT2D eigenvalue weighted by atomic mass is 127. The van der Waals surface area contributed by atoms with Crippen LogP contribution in [-0.2, 0) is 0 Å². The molecular formula is C16H12INO. The number of nitrogens with two attached hydrogens (primary N) is 1. The fourth-order valence-electron chi connectivity index (χ4n) is 1.98. The first-order valence-corrected chi connectivity index (χ1v) is 7.03. The summed E-state index contributed by atoms with van der Waals surface area (Å²) in [6.07, 6.45) is 0. The molecule has 3 rings (SSSR count). The van der Waals surface area contributed by atoms with Crippen LogP contribution < -0.4 is 10.5 Å². The molecular weight excluding hydrogens is 349 g/mol. The van der Waals surface area contributed by atoms with Crippen LogP contribution in [0.1, 0.15) is 0 Å². The van der Waals surface area contributed by atoms with E-state index in [-0.39, 0.29) is 0 Å². The van der Waals surface area contributed by atoms with E-state index in [0.29, 0.717) is 11.4 Å². The van der Waals surface area contributed by atoms with Gasteiger partial charge in [0.2, 0.25) is 0 Å². The second-order valence-electron chi connectivity index (χ2n) is 4.24. The first-order chi connectivity index (χ1) is 9.25. The Morgan fingerprint density at radius 1 is 0.789 bits per heavy atom. The normalized spacial score (nSPS) is 10.6. The van der Waals surface area contributed by atoms with Gasteiger partial charge in [0.15, 0.2) is 0 Å². The van der Waals surface area contributed by atoms with Crippen LogP contribution in [0.3, 0.4) is 0 Å². The van der Waals surface area contributed by atoms with E-state index in [2.05, 4.69) is 40.8 Å². The Kier molecular flexibility index (Phi) is 3.29. The third-order valence-electron chi connectivity index (χ3n) is 2.97.